The summed E-state index contributed by atoms with van der Waals surface area (Å²) < 4.78 is 5.76. The van der Waals surface area contributed by atoms with Gasteiger partial charge in [0.05, 0.1) is 6.07 Å². The van der Waals surface area contributed by atoms with Gasteiger partial charge in [0.1, 0.15) is 0 Å². The minimum atomic E-state index is 0.273. The summed E-state index contributed by atoms with van der Waals surface area (Å²) in [4.78, 5) is 0. The first-order chi connectivity index (χ1) is 19.4. The molecule has 0 saturated carbocycles. The van der Waals surface area contributed by atoms with E-state index < -0.39 is 0 Å². The van der Waals surface area contributed by atoms with Crippen molar-refractivity contribution < 1.29 is 4.42 Å². The lowest BCUT2D eigenvalue weighted by Crippen LogP contribution is -2.19. The summed E-state index contributed by atoms with van der Waals surface area (Å²) in [5.74, 6) is 0.847. The molecule has 1 aromatic heterocycles. The zero-order valence-electron chi connectivity index (χ0n) is 27.2. The van der Waals surface area contributed by atoms with Crippen LogP contribution in [0.4, 0.5) is 0 Å². The second kappa shape index (κ2) is 14.6. The van der Waals surface area contributed by atoms with Gasteiger partial charge in [0.25, 0.3) is 0 Å². The summed E-state index contributed by atoms with van der Waals surface area (Å²) in [6, 6.07) is 4.08. The van der Waals surface area contributed by atoms with E-state index in [1.54, 1.807) is 6.26 Å². The maximum absolute atomic E-state index is 5.76. The SMILES string of the molecule is CC1=C(/C=C/C(C)=C/C=C/C(C)=C/c2cc(/C=C/C=C(C)/C=C/C3=C(C)CCCC3(C)C)cc[o+]2)C(C)(C)CCC1. The molecule has 0 aliphatic heterocycles. The monoisotopic (exact) mass is 549 g/mol. The highest BCUT2D eigenvalue weighted by Crippen LogP contribution is 2.41. The lowest BCUT2D eigenvalue weighted by Gasteiger charge is -2.33. The van der Waals surface area contributed by atoms with Gasteiger partial charge < -0.3 is 0 Å². The molecule has 0 radical (unpaired) electrons. The zero-order chi connectivity index (χ0) is 30.0. The van der Waals surface area contributed by atoms with E-state index in [9.17, 15) is 0 Å². The Morgan fingerprint density at radius 1 is 0.707 bits per heavy atom. The molecule has 0 atom stereocenters. The van der Waals surface area contributed by atoms with Crippen molar-refractivity contribution in [1.29, 1.82) is 0 Å². The number of hydrogen-bond acceptors (Lipinski definition) is 0. The van der Waals surface area contributed by atoms with Gasteiger partial charge in [-0.3, -0.25) is 0 Å². The van der Waals surface area contributed by atoms with Crippen molar-refractivity contribution in [3.8, 4) is 0 Å². The van der Waals surface area contributed by atoms with Gasteiger partial charge in [-0.2, -0.15) is 0 Å². The van der Waals surface area contributed by atoms with E-state index in [1.165, 1.54) is 72.0 Å². The van der Waals surface area contributed by atoms with Crippen LogP contribution in [-0.4, -0.2) is 0 Å². The number of hydrogen-bond donors (Lipinski definition) is 0. The van der Waals surface area contributed by atoms with E-state index >= 15 is 0 Å². The first-order valence-corrected chi connectivity index (χ1v) is 15.4. The number of allylic oxidation sites excluding steroid dienone is 16. The molecule has 41 heavy (non-hydrogen) atoms. The molecule has 218 valence electrons. The molecule has 0 fully saturated rings. The predicted molar refractivity (Wildman–Crippen MR) is 181 cm³/mol. The Balaban J connectivity index is 1.61. The highest BCUT2D eigenvalue weighted by molar-refractivity contribution is 5.57. The molecule has 0 saturated heterocycles. The standard InChI is InChI=1S/C40H53O/c1-30(20-22-37-33(4)17-12-25-39(37,6)7)14-10-16-32(3)28-36-29-35(24-27-41-36)19-11-15-31(2)21-23-38-34(5)18-13-26-40(38,8)9/h10-11,14-16,19-24,27-29H,12-13,17-18,25-26H2,1-9H3/q+1/b16-10+,19-11+,22-20+,23-21+,30-14+,31-15+,32-28+. The molecule has 0 bridgehead atoms. The lowest BCUT2D eigenvalue weighted by atomic mass is 9.72. The van der Waals surface area contributed by atoms with Gasteiger partial charge in [0.2, 0.25) is 0 Å². The first kappa shape index (κ1) is 32.3. The van der Waals surface area contributed by atoms with E-state index in [1.807, 2.05) is 6.07 Å². The molecule has 0 aromatic carbocycles. The van der Waals surface area contributed by atoms with Gasteiger partial charge in [0.15, 0.2) is 0 Å². The molecule has 0 amide bonds. The van der Waals surface area contributed by atoms with Crippen LogP contribution in [0.25, 0.3) is 12.2 Å². The van der Waals surface area contributed by atoms with Crippen LogP contribution in [0.3, 0.4) is 0 Å². The van der Waals surface area contributed by atoms with Crippen LogP contribution in [-0.2, 0) is 0 Å². The van der Waals surface area contributed by atoms with Crippen molar-refractivity contribution in [2.75, 3.05) is 0 Å². The molecular weight excluding hydrogens is 496 g/mol. The Morgan fingerprint density at radius 3 is 1.78 bits per heavy atom. The molecule has 3 rings (SSSR count). The van der Waals surface area contributed by atoms with E-state index in [0.717, 1.165) is 16.9 Å². The van der Waals surface area contributed by atoms with Crippen LogP contribution in [0, 0.1) is 10.8 Å². The topological polar surface area (TPSA) is 11.3 Å². The van der Waals surface area contributed by atoms with Gasteiger partial charge in [-0.15, -0.1) is 0 Å². The van der Waals surface area contributed by atoms with Gasteiger partial charge in [-0.05, 0) is 106 Å². The van der Waals surface area contributed by atoms with Crippen LogP contribution in [0.2, 0.25) is 0 Å². The molecule has 1 heteroatoms. The molecule has 2 aliphatic rings. The molecule has 2 aliphatic carbocycles. The molecule has 1 nitrogen and oxygen atoms in total. The maximum atomic E-state index is 5.76. The van der Waals surface area contributed by atoms with E-state index in [-0.39, 0.29) is 10.8 Å². The summed E-state index contributed by atoms with van der Waals surface area (Å²) in [5.41, 5.74) is 11.4. The predicted octanol–water partition coefficient (Wildman–Crippen LogP) is 12.6. The van der Waals surface area contributed by atoms with Crippen molar-refractivity contribution in [2.24, 2.45) is 10.8 Å². The Labute approximate surface area is 251 Å². The zero-order valence-corrected chi connectivity index (χ0v) is 27.2. The minimum Gasteiger partial charge on any atom is -0.216 e. The van der Waals surface area contributed by atoms with Gasteiger partial charge >= 0.3 is 12.0 Å². The third kappa shape index (κ3) is 9.99. The Bertz CT molecular complexity index is 1350. The third-order valence-corrected chi connectivity index (χ3v) is 8.62. The van der Waals surface area contributed by atoms with Gasteiger partial charge in [-0.1, -0.05) is 111 Å². The Morgan fingerprint density at radius 2 is 1.24 bits per heavy atom. The van der Waals surface area contributed by atoms with E-state index in [2.05, 4.69) is 135 Å². The number of rotatable bonds is 9. The van der Waals surface area contributed by atoms with Crippen LogP contribution in [0.15, 0.2) is 117 Å². The van der Waals surface area contributed by atoms with Gasteiger partial charge in [-0.25, -0.2) is 4.42 Å². The summed E-state index contributed by atoms with van der Waals surface area (Å²) >= 11 is 0. The molecule has 0 spiro atoms. The maximum Gasteiger partial charge on any atom is 0.353 e. The van der Waals surface area contributed by atoms with Gasteiger partial charge in [0, 0.05) is 12.1 Å². The molecule has 1 aromatic rings. The second-order valence-corrected chi connectivity index (χ2v) is 13.4. The fourth-order valence-electron chi connectivity index (χ4n) is 6.11. The average Bonchev–Trinajstić information content (AvgIpc) is 2.87. The minimum absolute atomic E-state index is 0.273. The molecule has 1 heterocycles. The summed E-state index contributed by atoms with van der Waals surface area (Å²) in [7, 11) is 0. The van der Waals surface area contributed by atoms with Crippen molar-refractivity contribution in [1.82, 2.24) is 0 Å². The Hall–Kier alpha value is -3.19. The fourth-order valence-corrected chi connectivity index (χ4v) is 6.11. The normalized spacial score (nSPS) is 21.0. The van der Waals surface area contributed by atoms with E-state index in [0.29, 0.717) is 0 Å². The highest BCUT2D eigenvalue weighted by Gasteiger charge is 2.27. The molecule has 0 unspecified atom stereocenters. The third-order valence-electron chi connectivity index (χ3n) is 8.62. The summed E-state index contributed by atoms with van der Waals surface area (Å²) in [6.45, 7) is 20.5. The van der Waals surface area contributed by atoms with Crippen molar-refractivity contribution >= 4 is 12.2 Å². The lowest BCUT2D eigenvalue weighted by molar-refractivity contribution is 0.376. The second-order valence-electron chi connectivity index (χ2n) is 13.4. The van der Waals surface area contributed by atoms with Crippen molar-refractivity contribution in [3.63, 3.8) is 0 Å². The van der Waals surface area contributed by atoms with Crippen molar-refractivity contribution in [2.45, 2.75) is 101 Å². The largest absolute Gasteiger partial charge is 0.353 e. The van der Waals surface area contributed by atoms with Crippen LogP contribution in [0.5, 0.6) is 0 Å². The average molecular weight is 550 g/mol. The molecular formula is C40H53O+. The smallest absolute Gasteiger partial charge is 0.216 e. The van der Waals surface area contributed by atoms with Crippen LogP contribution in [0.1, 0.15) is 112 Å². The summed E-state index contributed by atoms with van der Waals surface area (Å²) in [6.07, 6.45) is 33.4. The Kier molecular flexibility index (Phi) is 11.5. The van der Waals surface area contributed by atoms with Crippen LogP contribution >= 0.6 is 0 Å². The fraction of sp³-hybridized carbons (Fsp3) is 0.425. The van der Waals surface area contributed by atoms with E-state index in [4.69, 9.17) is 4.42 Å². The highest BCUT2D eigenvalue weighted by atomic mass is 16.3. The van der Waals surface area contributed by atoms with Crippen LogP contribution < -0.4 is 0 Å². The van der Waals surface area contributed by atoms with Crippen molar-refractivity contribution in [3.05, 3.63) is 123 Å². The molecule has 0 N–H and O–H groups in total. The summed E-state index contributed by atoms with van der Waals surface area (Å²) in [5, 5.41) is 0. The quantitative estimate of drug-likeness (QED) is 0.220. The first-order valence-electron chi connectivity index (χ1n) is 15.4.